The van der Waals surface area contributed by atoms with E-state index in [0.29, 0.717) is 5.91 Å². The number of hydrogen-bond acceptors (Lipinski definition) is 3. The van der Waals surface area contributed by atoms with E-state index < -0.39 is 0 Å². The lowest BCUT2D eigenvalue weighted by molar-refractivity contribution is -0.134. The minimum atomic E-state index is 0.213. The largest absolute Gasteiger partial charge is 0.342 e. The summed E-state index contributed by atoms with van der Waals surface area (Å²) in [7, 11) is 1.97. The highest BCUT2D eigenvalue weighted by molar-refractivity contribution is 5.79. The zero-order chi connectivity index (χ0) is 14.1. The quantitative estimate of drug-likeness (QED) is 0.832. The lowest BCUT2D eigenvalue weighted by Crippen LogP contribution is -2.35. The van der Waals surface area contributed by atoms with Crippen molar-refractivity contribution in [3.05, 3.63) is 17.5 Å². The summed E-state index contributed by atoms with van der Waals surface area (Å²) in [6, 6.07) is 0. The average molecular weight is 276 g/mol. The second-order valence-electron chi connectivity index (χ2n) is 6.13. The van der Waals surface area contributed by atoms with Crippen LogP contribution in [0.15, 0.2) is 6.20 Å². The van der Waals surface area contributed by atoms with Crippen molar-refractivity contribution in [1.82, 2.24) is 19.6 Å². The summed E-state index contributed by atoms with van der Waals surface area (Å²) >= 11 is 0. The summed E-state index contributed by atoms with van der Waals surface area (Å²) in [5.74, 6) is 0.595. The Morgan fingerprint density at radius 3 is 2.75 bits per heavy atom. The number of rotatable bonds is 3. The van der Waals surface area contributed by atoms with Crippen molar-refractivity contribution in [3.8, 4) is 0 Å². The first-order chi connectivity index (χ1) is 9.65. The Labute approximate surface area is 120 Å². The summed E-state index contributed by atoms with van der Waals surface area (Å²) in [5.41, 5.74) is 2.50. The van der Waals surface area contributed by atoms with E-state index in [4.69, 9.17) is 0 Å². The predicted molar refractivity (Wildman–Crippen MR) is 77.1 cm³/mol. The minimum absolute atomic E-state index is 0.213. The van der Waals surface area contributed by atoms with Gasteiger partial charge in [0.2, 0.25) is 5.91 Å². The van der Waals surface area contributed by atoms with Gasteiger partial charge in [-0.3, -0.25) is 14.4 Å². The maximum absolute atomic E-state index is 12.4. The molecule has 0 bridgehead atoms. The van der Waals surface area contributed by atoms with Gasteiger partial charge >= 0.3 is 0 Å². The van der Waals surface area contributed by atoms with Crippen LogP contribution in [0, 0.1) is 12.8 Å². The molecular formula is C15H24N4O. The molecule has 5 nitrogen and oxygen atoms in total. The van der Waals surface area contributed by atoms with Gasteiger partial charge in [0.05, 0.1) is 12.1 Å². The Morgan fingerprint density at radius 2 is 2.10 bits per heavy atom. The van der Waals surface area contributed by atoms with Crippen LogP contribution in [0.3, 0.4) is 0 Å². The lowest BCUT2D eigenvalue weighted by Gasteiger charge is -2.20. The monoisotopic (exact) mass is 276 g/mol. The molecule has 0 N–H and O–H groups in total. The molecule has 2 aliphatic heterocycles. The van der Waals surface area contributed by atoms with Crippen LogP contribution in [-0.2, 0) is 18.4 Å². The van der Waals surface area contributed by atoms with E-state index in [0.717, 1.165) is 39.1 Å². The number of hydrogen-bond donors (Lipinski definition) is 0. The maximum Gasteiger partial charge on any atom is 0.227 e. The molecule has 3 rings (SSSR count). The number of aromatic nitrogens is 2. The molecule has 20 heavy (non-hydrogen) atoms. The fourth-order valence-electron chi connectivity index (χ4n) is 3.31. The molecular weight excluding hydrogens is 252 g/mol. The van der Waals surface area contributed by atoms with Crippen LogP contribution >= 0.6 is 0 Å². The average Bonchev–Trinajstić information content (AvgIpc) is 3.16. The van der Waals surface area contributed by atoms with E-state index in [1.54, 1.807) is 0 Å². The first-order valence-corrected chi connectivity index (χ1v) is 7.64. The van der Waals surface area contributed by atoms with Gasteiger partial charge in [-0.05, 0) is 32.7 Å². The van der Waals surface area contributed by atoms with Crippen molar-refractivity contribution in [2.75, 3.05) is 26.2 Å². The molecule has 1 atom stereocenters. The highest BCUT2D eigenvalue weighted by Crippen LogP contribution is 2.23. The molecule has 1 unspecified atom stereocenters. The number of carbonyl (C=O) groups excluding carboxylic acids is 1. The second-order valence-corrected chi connectivity index (χ2v) is 6.13. The normalized spacial score (nSPS) is 23.7. The Kier molecular flexibility index (Phi) is 3.78. The van der Waals surface area contributed by atoms with Gasteiger partial charge in [0.1, 0.15) is 0 Å². The summed E-state index contributed by atoms with van der Waals surface area (Å²) in [4.78, 5) is 16.8. The van der Waals surface area contributed by atoms with E-state index in [-0.39, 0.29) is 5.92 Å². The molecule has 0 spiro atoms. The van der Waals surface area contributed by atoms with Crippen molar-refractivity contribution in [1.29, 1.82) is 0 Å². The Balaban J connectivity index is 1.56. The molecule has 1 aromatic heterocycles. The van der Waals surface area contributed by atoms with E-state index in [1.165, 1.54) is 24.1 Å². The second kappa shape index (κ2) is 5.56. The lowest BCUT2D eigenvalue weighted by atomic mass is 10.1. The van der Waals surface area contributed by atoms with Gasteiger partial charge in [-0.15, -0.1) is 0 Å². The molecule has 0 aliphatic carbocycles. The number of aryl methyl sites for hydroxylation is 1. The predicted octanol–water partition coefficient (Wildman–Crippen LogP) is 1.17. The van der Waals surface area contributed by atoms with Crippen LogP contribution in [0.1, 0.15) is 30.5 Å². The standard InChI is InChI=1S/C15H24N4O/c1-12-14(9-16-17(12)2)11-18-8-5-13(10-18)15(20)19-6-3-4-7-19/h9,13H,3-8,10-11H2,1-2H3. The third kappa shape index (κ3) is 2.59. The molecule has 2 fully saturated rings. The van der Waals surface area contributed by atoms with Crippen LogP contribution in [0.4, 0.5) is 0 Å². The Hall–Kier alpha value is -1.36. The first-order valence-electron chi connectivity index (χ1n) is 7.64. The van der Waals surface area contributed by atoms with Crippen molar-refractivity contribution in [2.24, 2.45) is 13.0 Å². The van der Waals surface area contributed by atoms with Crippen LogP contribution < -0.4 is 0 Å². The molecule has 2 aliphatic rings. The summed E-state index contributed by atoms with van der Waals surface area (Å²) in [6.07, 6.45) is 5.31. The van der Waals surface area contributed by atoms with E-state index in [2.05, 4.69) is 21.8 Å². The molecule has 1 aromatic rings. The summed E-state index contributed by atoms with van der Waals surface area (Å²) in [5, 5.41) is 4.29. The zero-order valence-electron chi connectivity index (χ0n) is 12.5. The molecule has 2 saturated heterocycles. The third-order valence-electron chi connectivity index (χ3n) is 4.77. The van der Waals surface area contributed by atoms with Crippen LogP contribution in [0.2, 0.25) is 0 Å². The van der Waals surface area contributed by atoms with Crippen molar-refractivity contribution in [2.45, 2.75) is 32.7 Å². The third-order valence-corrected chi connectivity index (χ3v) is 4.77. The molecule has 0 saturated carbocycles. The fourth-order valence-corrected chi connectivity index (χ4v) is 3.31. The summed E-state index contributed by atoms with van der Waals surface area (Å²) in [6.45, 7) is 6.89. The Morgan fingerprint density at radius 1 is 1.35 bits per heavy atom. The summed E-state index contributed by atoms with van der Waals surface area (Å²) < 4.78 is 1.91. The highest BCUT2D eigenvalue weighted by atomic mass is 16.2. The van der Waals surface area contributed by atoms with E-state index >= 15 is 0 Å². The smallest absolute Gasteiger partial charge is 0.227 e. The van der Waals surface area contributed by atoms with Gasteiger partial charge in [0.25, 0.3) is 0 Å². The molecule has 0 radical (unpaired) electrons. The van der Waals surface area contributed by atoms with Crippen molar-refractivity contribution >= 4 is 5.91 Å². The molecule has 1 amide bonds. The van der Waals surface area contributed by atoms with E-state index in [9.17, 15) is 4.79 Å². The van der Waals surface area contributed by atoms with Crippen LogP contribution in [-0.4, -0.2) is 51.7 Å². The minimum Gasteiger partial charge on any atom is -0.342 e. The molecule has 110 valence electrons. The SMILES string of the molecule is Cc1c(CN2CCC(C(=O)N3CCCC3)C2)cnn1C. The molecule has 0 aromatic carbocycles. The first kappa shape index (κ1) is 13.6. The van der Waals surface area contributed by atoms with Gasteiger partial charge < -0.3 is 4.90 Å². The fraction of sp³-hybridized carbons (Fsp3) is 0.733. The number of nitrogens with zero attached hydrogens (tertiary/aromatic N) is 4. The van der Waals surface area contributed by atoms with Crippen LogP contribution in [0.5, 0.6) is 0 Å². The van der Waals surface area contributed by atoms with Gasteiger partial charge in [-0.1, -0.05) is 0 Å². The zero-order valence-corrected chi connectivity index (χ0v) is 12.5. The highest BCUT2D eigenvalue weighted by Gasteiger charge is 2.32. The van der Waals surface area contributed by atoms with Crippen molar-refractivity contribution in [3.63, 3.8) is 0 Å². The number of amides is 1. The Bertz CT molecular complexity index is 490. The number of carbonyl (C=O) groups is 1. The van der Waals surface area contributed by atoms with Gasteiger partial charge in [0.15, 0.2) is 0 Å². The van der Waals surface area contributed by atoms with Gasteiger partial charge in [-0.25, -0.2) is 0 Å². The van der Waals surface area contributed by atoms with Crippen molar-refractivity contribution < 1.29 is 4.79 Å². The topological polar surface area (TPSA) is 41.4 Å². The number of likely N-dealkylation sites (tertiary alicyclic amines) is 2. The molecule has 5 heteroatoms. The van der Waals surface area contributed by atoms with Gasteiger partial charge in [0, 0.05) is 44.5 Å². The van der Waals surface area contributed by atoms with Gasteiger partial charge in [-0.2, -0.15) is 5.10 Å². The maximum atomic E-state index is 12.4. The molecule has 3 heterocycles. The van der Waals surface area contributed by atoms with Crippen LogP contribution in [0.25, 0.3) is 0 Å². The van der Waals surface area contributed by atoms with E-state index in [1.807, 2.05) is 17.9 Å².